The van der Waals surface area contributed by atoms with Crippen LogP contribution in [-0.4, -0.2) is 51.4 Å². The number of nitrogens with one attached hydrogen (secondary N) is 1. The summed E-state index contributed by atoms with van der Waals surface area (Å²) in [5.74, 6) is -0.177. The lowest BCUT2D eigenvalue weighted by molar-refractivity contribution is -0.140. The lowest BCUT2D eigenvalue weighted by atomic mass is 10.1. The topological polar surface area (TPSA) is 96.0 Å². The predicted octanol–water partition coefficient (Wildman–Crippen LogP) is 4.88. The number of benzene rings is 3. The number of ether oxygens (including phenoxy) is 1. The molecule has 3 aromatic rings. The van der Waals surface area contributed by atoms with Crippen molar-refractivity contribution in [2.75, 3.05) is 24.5 Å². The van der Waals surface area contributed by atoms with Crippen LogP contribution in [0.1, 0.15) is 32.3 Å². The lowest BCUT2D eigenvalue weighted by Gasteiger charge is -2.33. The third kappa shape index (κ3) is 7.52. The van der Waals surface area contributed by atoms with E-state index in [1.807, 2.05) is 26.0 Å². The van der Waals surface area contributed by atoms with E-state index >= 15 is 0 Å². The standard InChI is InChI=1S/C29H34ClN3O5S/c1-4-19-31-29(35)26(5-2)32(20-22-15-17-23(38-3)18-16-22)28(34)21-33(27-14-10-9-13-25(27)30)39(36,37)24-11-7-6-8-12-24/h6-18,26H,4-5,19-21H2,1-3H3,(H,31,35). The molecule has 0 spiro atoms. The summed E-state index contributed by atoms with van der Waals surface area (Å²) in [5, 5.41) is 3.05. The van der Waals surface area contributed by atoms with Crippen LogP contribution in [0.2, 0.25) is 5.02 Å². The number of sulfonamides is 1. The zero-order valence-corrected chi connectivity index (χ0v) is 23.9. The molecule has 39 heavy (non-hydrogen) atoms. The minimum atomic E-state index is -4.17. The molecule has 0 aromatic heterocycles. The molecule has 1 N–H and O–H groups in total. The Balaban J connectivity index is 2.04. The van der Waals surface area contributed by atoms with E-state index in [1.54, 1.807) is 61.7 Å². The highest BCUT2D eigenvalue weighted by molar-refractivity contribution is 7.92. The maximum atomic E-state index is 14.0. The van der Waals surface area contributed by atoms with E-state index in [4.69, 9.17) is 16.3 Å². The van der Waals surface area contributed by atoms with Crippen LogP contribution in [0.4, 0.5) is 5.69 Å². The van der Waals surface area contributed by atoms with Crippen molar-refractivity contribution in [1.29, 1.82) is 0 Å². The molecule has 3 rings (SSSR count). The number of hydrogen-bond acceptors (Lipinski definition) is 5. The Morgan fingerprint density at radius 2 is 1.59 bits per heavy atom. The van der Waals surface area contributed by atoms with Gasteiger partial charge in [-0.1, -0.05) is 67.9 Å². The Labute approximate surface area is 235 Å². The van der Waals surface area contributed by atoms with Crippen molar-refractivity contribution in [3.05, 3.63) is 89.4 Å². The smallest absolute Gasteiger partial charge is 0.264 e. The van der Waals surface area contributed by atoms with Gasteiger partial charge in [0, 0.05) is 13.1 Å². The molecule has 2 amide bonds. The van der Waals surface area contributed by atoms with Gasteiger partial charge in [0.05, 0.1) is 22.7 Å². The van der Waals surface area contributed by atoms with Gasteiger partial charge in [0.25, 0.3) is 10.0 Å². The molecule has 0 saturated carbocycles. The zero-order chi connectivity index (χ0) is 28.4. The van der Waals surface area contributed by atoms with Gasteiger partial charge in [-0.05, 0) is 54.8 Å². The number of halogens is 1. The fourth-order valence-electron chi connectivity index (χ4n) is 4.10. The summed E-state index contributed by atoms with van der Waals surface area (Å²) >= 11 is 6.42. The van der Waals surface area contributed by atoms with E-state index in [9.17, 15) is 18.0 Å². The van der Waals surface area contributed by atoms with Crippen molar-refractivity contribution in [1.82, 2.24) is 10.2 Å². The van der Waals surface area contributed by atoms with E-state index in [0.717, 1.165) is 16.3 Å². The summed E-state index contributed by atoms with van der Waals surface area (Å²) in [7, 11) is -2.61. The number of rotatable bonds is 13. The average Bonchev–Trinajstić information content (AvgIpc) is 2.95. The summed E-state index contributed by atoms with van der Waals surface area (Å²) in [6, 6.07) is 20.7. The van der Waals surface area contributed by atoms with E-state index < -0.39 is 28.5 Å². The van der Waals surface area contributed by atoms with E-state index in [2.05, 4.69) is 5.32 Å². The third-order valence-corrected chi connectivity index (χ3v) is 8.27. The molecule has 8 nitrogen and oxygen atoms in total. The molecule has 0 saturated heterocycles. The number of amides is 2. The first-order chi connectivity index (χ1) is 18.7. The van der Waals surface area contributed by atoms with Gasteiger partial charge in [0.15, 0.2) is 0 Å². The number of carbonyl (C=O) groups is 2. The summed E-state index contributed by atoms with van der Waals surface area (Å²) in [4.78, 5) is 28.6. The van der Waals surface area contributed by atoms with Crippen molar-refractivity contribution < 1.29 is 22.7 Å². The zero-order valence-electron chi connectivity index (χ0n) is 22.3. The highest BCUT2D eigenvalue weighted by Crippen LogP contribution is 2.30. The Morgan fingerprint density at radius 3 is 2.18 bits per heavy atom. The molecule has 0 aliphatic heterocycles. The predicted molar refractivity (Wildman–Crippen MR) is 153 cm³/mol. The van der Waals surface area contributed by atoms with Crippen LogP contribution in [0, 0.1) is 0 Å². The van der Waals surface area contributed by atoms with Gasteiger partial charge in [-0.2, -0.15) is 0 Å². The summed E-state index contributed by atoms with van der Waals surface area (Å²) < 4.78 is 33.8. The van der Waals surface area contributed by atoms with Crippen molar-refractivity contribution >= 4 is 39.1 Å². The molecule has 0 aliphatic rings. The third-order valence-electron chi connectivity index (χ3n) is 6.18. The molecule has 3 aromatic carbocycles. The van der Waals surface area contributed by atoms with E-state index in [-0.39, 0.29) is 28.1 Å². The molecule has 0 bridgehead atoms. The molecular formula is C29H34ClN3O5S. The van der Waals surface area contributed by atoms with Crippen LogP contribution >= 0.6 is 11.6 Å². The first-order valence-electron chi connectivity index (χ1n) is 12.7. The average molecular weight is 572 g/mol. The molecule has 0 heterocycles. The van der Waals surface area contributed by atoms with Gasteiger partial charge in [0.2, 0.25) is 11.8 Å². The SMILES string of the molecule is CCCNC(=O)C(CC)N(Cc1ccc(OC)cc1)C(=O)CN(c1ccccc1Cl)S(=O)(=O)c1ccccc1. The normalized spacial score (nSPS) is 11.9. The van der Waals surface area contributed by atoms with Crippen molar-refractivity contribution in [3.8, 4) is 5.75 Å². The molecule has 0 fully saturated rings. The molecular weight excluding hydrogens is 538 g/mol. The van der Waals surface area contributed by atoms with Crippen LogP contribution in [0.25, 0.3) is 0 Å². The quantitative estimate of drug-likeness (QED) is 0.315. The second-order valence-electron chi connectivity index (χ2n) is 8.86. The Hall–Kier alpha value is -3.56. The van der Waals surface area contributed by atoms with Gasteiger partial charge in [-0.3, -0.25) is 13.9 Å². The first kappa shape index (κ1) is 30.0. The number of hydrogen-bond donors (Lipinski definition) is 1. The van der Waals surface area contributed by atoms with Gasteiger partial charge in [0.1, 0.15) is 18.3 Å². The minimum Gasteiger partial charge on any atom is -0.497 e. The number of para-hydroxylation sites is 1. The fourth-order valence-corrected chi connectivity index (χ4v) is 5.84. The summed E-state index contributed by atoms with van der Waals surface area (Å²) in [5.41, 5.74) is 0.936. The number of nitrogens with zero attached hydrogens (tertiary/aromatic N) is 2. The monoisotopic (exact) mass is 571 g/mol. The second-order valence-corrected chi connectivity index (χ2v) is 11.1. The second kappa shape index (κ2) is 14.0. The number of anilines is 1. The van der Waals surface area contributed by atoms with Gasteiger partial charge >= 0.3 is 0 Å². The van der Waals surface area contributed by atoms with Crippen molar-refractivity contribution in [3.63, 3.8) is 0 Å². The first-order valence-corrected chi connectivity index (χ1v) is 14.6. The molecule has 1 atom stereocenters. The molecule has 1 unspecified atom stereocenters. The highest BCUT2D eigenvalue weighted by atomic mass is 35.5. The van der Waals surface area contributed by atoms with Crippen molar-refractivity contribution in [2.45, 2.75) is 44.2 Å². The lowest BCUT2D eigenvalue weighted by Crippen LogP contribution is -2.52. The van der Waals surface area contributed by atoms with Crippen LogP contribution in [0.5, 0.6) is 5.75 Å². The molecule has 0 radical (unpaired) electrons. The Kier molecular flexibility index (Phi) is 10.8. The van der Waals surface area contributed by atoms with Crippen molar-refractivity contribution in [2.24, 2.45) is 0 Å². The van der Waals surface area contributed by atoms with Crippen LogP contribution in [0.15, 0.2) is 83.8 Å². The van der Waals surface area contributed by atoms with Crippen LogP contribution in [-0.2, 0) is 26.2 Å². The fraction of sp³-hybridized carbons (Fsp3) is 0.310. The summed E-state index contributed by atoms with van der Waals surface area (Å²) in [6.07, 6.45) is 1.08. The van der Waals surface area contributed by atoms with E-state index in [0.29, 0.717) is 18.7 Å². The van der Waals surface area contributed by atoms with Gasteiger partial charge in [-0.15, -0.1) is 0 Å². The number of methoxy groups -OCH3 is 1. The molecule has 208 valence electrons. The number of carbonyl (C=O) groups excluding carboxylic acids is 2. The van der Waals surface area contributed by atoms with Crippen LogP contribution in [0.3, 0.4) is 0 Å². The largest absolute Gasteiger partial charge is 0.497 e. The summed E-state index contributed by atoms with van der Waals surface area (Å²) in [6.45, 7) is 3.78. The van der Waals surface area contributed by atoms with Gasteiger partial charge < -0.3 is 15.0 Å². The van der Waals surface area contributed by atoms with Gasteiger partial charge in [-0.25, -0.2) is 8.42 Å². The maximum Gasteiger partial charge on any atom is 0.264 e. The van der Waals surface area contributed by atoms with Crippen LogP contribution < -0.4 is 14.4 Å². The highest BCUT2D eigenvalue weighted by Gasteiger charge is 2.34. The molecule has 10 heteroatoms. The maximum absolute atomic E-state index is 14.0. The van der Waals surface area contributed by atoms with E-state index in [1.165, 1.54) is 17.0 Å². The molecule has 0 aliphatic carbocycles. The minimum absolute atomic E-state index is 0.0205. The Morgan fingerprint density at radius 1 is 0.949 bits per heavy atom. The Bertz CT molecular complexity index is 1350.